The Labute approximate surface area is 112 Å². The molecule has 0 aromatic heterocycles. The molecular formula is C13H18FO4P. The molecule has 0 atom stereocenters. The average Bonchev–Trinajstić information content (AvgIpc) is 2.40. The van der Waals surface area contributed by atoms with Gasteiger partial charge >= 0.3 is 7.60 Å². The molecule has 4 nitrogen and oxygen atoms in total. The molecule has 1 aromatic carbocycles. The standard InChI is InChI=1S/C13H18FO4P/c1-4-17-19(15,18-5-2)13(10-14)11-6-8-12(16-3)9-7-11/h6-10H,4-5H2,1-3H3/b13-10-. The van der Waals surface area contributed by atoms with E-state index in [2.05, 4.69) is 0 Å². The van der Waals surface area contributed by atoms with E-state index in [9.17, 15) is 8.96 Å². The fourth-order valence-electron chi connectivity index (χ4n) is 1.56. The fraction of sp³-hybridized carbons (Fsp3) is 0.385. The molecule has 0 unspecified atom stereocenters. The molecule has 0 saturated carbocycles. The minimum Gasteiger partial charge on any atom is -0.497 e. The van der Waals surface area contributed by atoms with Gasteiger partial charge in [0.05, 0.1) is 25.6 Å². The van der Waals surface area contributed by atoms with Crippen LogP contribution in [0.5, 0.6) is 5.75 Å². The average molecular weight is 288 g/mol. The van der Waals surface area contributed by atoms with E-state index in [1.165, 1.54) is 7.11 Å². The van der Waals surface area contributed by atoms with Gasteiger partial charge in [-0.15, -0.1) is 0 Å². The van der Waals surface area contributed by atoms with Crippen molar-refractivity contribution in [2.75, 3.05) is 20.3 Å². The van der Waals surface area contributed by atoms with Crippen LogP contribution in [0.25, 0.3) is 5.31 Å². The summed E-state index contributed by atoms with van der Waals surface area (Å²) in [6.45, 7) is 3.70. The Morgan fingerprint density at radius 1 is 1.21 bits per heavy atom. The number of ether oxygens (including phenoxy) is 1. The summed E-state index contributed by atoms with van der Waals surface area (Å²) in [7, 11) is -2.10. The van der Waals surface area contributed by atoms with Crippen molar-refractivity contribution in [3.8, 4) is 5.75 Å². The second-order valence-electron chi connectivity index (χ2n) is 3.56. The van der Waals surface area contributed by atoms with E-state index in [4.69, 9.17) is 13.8 Å². The largest absolute Gasteiger partial charge is 0.497 e. The molecule has 0 radical (unpaired) electrons. The smallest absolute Gasteiger partial charge is 0.364 e. The van der Waals surface area contributed by atoms with Crippen molar-refractivity contribution in [1.82, 2.24) is 0 Å². The van der Waals surface area contributed by atoms with Gasteiger partial charge in [0.1, 0.15) is 12.1 Å². The lowest BCUT2D eigenvalue weighted by Crippen LogP contribution is -1.98. The highest BCUT2D eigenvalue weighted by Gasteiger charge is 2.31. The Morgan fingerprint density at radius 3 is 2.11 bits per heavy atom. The van der Waals surface area contributed by atoms with Crippen LogP contribution >= 0.6 is 7.60 Å². The predicted octanol–water partition coefficient (Wildman–Crippen LogP) is 4.23. The number of hydrogen-bond donors (Lipinski definition) is 0. The van der Waals surface area contributed by atoms with E-state index < -0.39 is 7.60 Å². The first-order chi connectivity index (χ1) is 9.11. The van der Waals surface area contributed by atoms with Gasteiger partial charge in [-0.2, -0.15) is 0 Å². The van der Waals surface area contributed by atoms with Gasteiger partial charge in [-0.05, 0) is 31.5 Å². The first kappa shape index (κ1) is 15.9. The van der Waals surface area contributed by atoms with Crippen molar-refractivity contribution in [1.29, 1.82) is 0 Å². The highest BCUT2D eigenvalue weighted by Crippen LogP contribution is 2.60. The number of methoxy groups -OCH3 is 1. The second-order valence-corrected chi connectivity index (χ2v) is 5.55. The highest BCUT2D eigenvalue weighted by molar-refractivity contribution is 7.65. The van der Waals surface area contributed by atoms with Gasteiger partial charge in [-0.25, -0.2) is 4.39 Å². The van der Waals surface area contributed by atoms with Crippen LogP contribution in [0.4, 0.5) is 4.39 Å². The Balaban J connectivity index is 3.13. The van der Waals surface area contributed by atoms with Crippen molar-refractivity contribution in [3.05, 3.63) is 36.2 Å². The lowest BCUT2D eigenvalue weighted by Gasteiger charge is -2.19. The van der Waals surface area contributed by atoms with E-state index in [-0.39, 0.29) is 24.9 Å². The molecule has 6 heteroatoms. The van der Waals surface area contributed by atoms with Crippen LogP contribution in [-0.2, 0) is 13.6 Å². The van der Waals surface area contributed by atoms with Gasteiger partial charge in [-0.3, -0.25) is 4.57 Å². The Bertz CT molecular complexity index is 460. The minimum absolute atomic E-state index is 0.0844. The Morgan fingerprint density at radius 2 is 1.74 bits per heavy atom. The van der Waals surface area contributed by atoms with Crippen LogP contribution in [-0.4, -0.2) is 20.3 Å². The second kappa shape index (κ2) is 7.43. The molecule has 0 fully saturated rings. The fourth-order valence-corrected chi connectivity index (χ4v) is 3.18. The van der Waals surface area contributed by atoms with E-state index in [0.29, 0.717) is 11.3 Å². The van der Waals surface area contributed by atoms with Gasteiger partial charge in [0.15, 0.2) is 0 Å². The topological polar surface area (TPSA) is 44.8 Å². The number of hydrogen-bond acceptors (Lipinski definition) is 4. The first-order valence-corrected chi connectivity index (χ1v) is 7.50. The molecule has 19 heavy (non-hydrogen) atoms. The van der Waals surface area contributed by atoms with Crippen molar-refractivity contribution in [2.45, 2.75) is 13.8 Å². The minimum atomic E-state index is -3.63. The molecule has 0 amide bonds. The van der Waals surface area contributed by atoms with Crippen LogP contribution in [0, 0.1) is 0 Å². The molecule has 0 aliphatic heterocycles. The third-order valence-electron chi connectivity index (χ3n) is 2.38. The Hall–Kier alpha value is -1.16. The highest BCUT2D eigenvalue weighted by atomic mass is 31.2. The van der Waals surface area contributed by atoms with Crippen molar-refractivity contribution < 1.29 is 22.7 Å². The number of rotatable bonds is 7. The zero-order chi connectivity index (χ0) is 14.3. The van der Waals surface area contributed by atoms with E-state index in [0.717, 1.165) is 0 Å². The summed E-state index contributed by atoms with van der Waals surface area (Å²) < 4.78 is 40.9. The maximum Gasteiger partial charge on any atom is 0.364 e. The quantitative estimate of drug-likeness (QED) is 0.704. The van der Waals surface area contributed by atoms with Crippen molar-refractivity contribution in [3.63, 3.8) is 0 Å². The van der Waals surface area contributed by atoms with Crippen molar-refractivity contribution >= 4 is 12.9 Å². The van der Waals surface area contributed by atoms with Crippen LogP contribution in [0.3, 0.4) is 0 Å². The predicted molar refractivity (Wildman–Crippen MR) is 72.9 cm³/mol. The van der Waals surface area contributed by atoms with E-state index >= 15 is 0 Å². The molecule has 106 valence electrons. The summed E-state index contributed by atoms with van der Waals surface area (Å²) in [5.41, 5.74) is 0.438. The summed E-state index contributed by atoms with van der Waals surface area (Å²) in [6, 6.07) is 6.52. The summed E-state index contributed by atoms with van der Waals surface area (Å²) in [5, 5.41) is -0.0844. The van der Waals surface area contributed by atoms with E-state index in [1.807, 2.05) is 0 Å². The van der Waals surface area contributed by atoms with Crippen LogP contribution in [0.2, 0.25) is 0 Å². The molecule has 0 heterocycles. The summed E-state index contributed by atoms with van der Waals surface area (Å²) >= 11 is 0. The van der Waals surface area contributed by atoms with E-state index in [1.54, 1.807) is 38.1 Å². The van der Waals surface area contributed by atoms with Gasteiger partial charge < -0.3 is 13.8 Å². The number of halogens is 1. The molecule has 1 aromatic rings. The molecular weight excluding hydrogens is 270 g/mol. The van der Waals surface area contributed by atoms with Crippen LogP contribution in [0.1, 0.15) is 19.4 Å². The van der Waals surface area contributed by atoms with Crippen molar-refractivity contribution in [2.24, 2.45) is 0 Å². The monoisotopic (exact) mass is 288 g/mol. The van der Waals surface area contributed by atoms with Crippen LogP contribution < -0.4 is 4.74 Å². The lowest BCUT2D eigenvalue weighted by molar-refractivity contribution is 0.230. The zero-order valence-corrected chi connectivity index (χ0v) is 12.2. The SMILES string of the molecule is CCOP(=O)(OCC)/C(=C\F)c1ccc(OC)cc1. The maximum absolute atomic E-state index is 13.1. The van der Waals surface area contributed by atoms with Gasteiger partial charge in [-0.1, -0.05) is 12.1 Å². The normalized spacial score (nSPS) is 12.5. The maximum atomic E-state index is 13.1. The van der Waals surface area contributed by atoms with Crippen LogP contribution in [0.15, 0.2) is 30.6 Å². The lowest BCUT2D eigenvalue weighted by atomic mass is 10.2. The Kier molecular flexibility index (Phi) is 6.22. The molecule has 1 rings (SSSR count). The van der Waals surface area contributed by atoms with Gasteiger partial charge in [0.2, 0.25) is 0 Å². The molecule has 0 aliphatic rings. The number of benzene rings is 1. The molecule has 0 saturated heterocycles. The molecule has 0 bridgehead atoms. The van der Waals surface area contributed by atoms with Gasteiger partial charge in [0, 0.05) is 0 Å². The first-order valence-electron chi connectivity index (χ1n) is 5.95. The summed E-state index contributed by atoms with van der Waals surface area (Å²) in [6.07, 6.45) is 0.272. The molecule has 0 spiro atoms. The summed E-state index contributed by atoms with van der Waals surface area (Å²) in [4.78, 5) is 0. The van der Waals surface area contributed by atoms with Gasteiger partial charge in [0.25, 0.3) is 0 Å². The third-order valence-corrected chi connectivity index (χ3v) is 4.52. The summed E-state index contributed by atoms with van der Waals surface area (Å²) in [5.74, 6) is 0.629. The third kappa shape index (κ3) is 3.90. The zero-order valence-electron chi connectivity index (χ0n) is 11.3. The molecule has 0 aliphatic carbocycles. The molecule has 0 N–H and O–H groups in total.